The zero-order chi connectivity index (χ0) is 14.1. The molecule has 1 amide bonds. The van der Waals surface area contributed by atoms with E-state index in [-0.39, 0.29) is 11.3 Å². The maximum Gasteiger partial charge on any atom is 0.329 e. The molecule has 0 aromatic rings. The van der Waals surface area contributed by atoms with Gasteiger partial charge in [0.05, 0.1) is 6.04 Å². The Morgan fingerprint density at radius 1 is 1.33 bits per heavy atom. The van der Waals surface area contributed by atoms with Crippen LogP contribution in [0, 0.1) is 5.41 Å². The molecule has 104 valence electrons. The number of hydrogen-bond acceptors (Lipinski definition) is 3. The molecule has 1 unspecified atom stereocenters. The normalized spacial score (nSPS) is 26.8. The van der Waals surface area contributed by atoms with Gasteiger partial charge >= 0.3 is 5.97 Å². The second-order valence-corrected chi connectivity index (χ2v) is 6.37. The van der Waals surface area contributed by atoms with Crippen LogP contribution in [0.5, 0.6) is 0 Å². The Morgan fingerprint density at radius 2 is 1.89 bits per heavy atom. The number of amides is 1. The summed E-state index contributed by atoms with van der Waals surface area (Å²) >= 11 is 0. The third-order valence-corrected chi connectivity index (χ3v) is 3.82. The molecule has 1 aliphatic rings. The number of hydrogen-bond donors (Lipinski definition) is 2. The van der Waals surface area contributed by atoms with Crippen molar-refractivity contribution in [1.82, 2.24) is 4.90 Å². The molecule has 0 aromatic carbocycles. The number of carboxylic acids is 1. The molecule has 2 atom stereocenters. The minimum absolute atomic E-state index is 0.257. The van der Waals surface area contributed by atoms with Gasteiger partial charge in [0.15, 0.2) is 0 Å². The second kappa shape index (κ2) is 4.88. The fourth-order valence-corrected chi connectivity index (χ4v) is 2.23. The fraction of sp³-hybridized carbons (Fsp3) is 0.846. The molecule has 1 saturated heterocycles. The lowest BCUT2D eigenvalue weighted by Gasteiger charge is -2.44. The molecular weight excluding hydrogens is 232 g/mol. The Hall–Kier alpha value is -1.10. The number of nitrogens with zero attached hydrogens (tertiary/aromatic N) is 1. The van der Waals surface area contributed by atoms with Gasteiger partial charge in [-0.05, 0) is 31.6 Å². The van der Waals surface area contributed by atoms with E-state index in [2.05, 4.69) is 0 Å². The highest BCUT2D eigenvalue weighted by molar-refractivity contribution is 5.90. The van der Waals surface area contributed by atoms with Crippen molar-refractivity contribution in [2.45, 2.75) is 58.5 Å². The van der Waals surface area contributed by atoms with Crippen molar-refractivity contribution in [3.8, 4) is 0 Å². The Balaban J connectivity index is 2.98. The van der Waals surface area contributed by atoms with Crippen LogP contribution >= 0.6 is 0 Å². The van der Waals surface area contributed by atoms with Crippen LogP contribution in [-0.2, 0) is 9.59 Å². The Bertz CT molecular complexity index is 349. The van der Waals surface area contributed by atoms with Gasteiger partial charge in [0.1, 0.15) is 5.54 Å². The van der Waals surface area contributed by atoms with Crippen LogP contribution < -0.4 is 5.73 Å². The molecule has 5 nitrogen and oxygen atoms in total. The van der Waals surface area contributed by atoms with Crippen LogP contribution in [0.1, 0.15) is 47.0 Å². The molecule has 0 aliphatic carbocycles. The van der Waals surface area contributed by atoms with Gasteiger partial charge < -0.3 is 15.7 Å². The molecule has 1 heterocycles. The molecule has 0 spiro atoms. The van der Waals surface area contributed by atoms with E-state index < -0.39 is 17.6 Å². The summed E-state index contributed by atoms with van der Waals surface area (Å²) in [6, 6.07) is -0.672. The number of carbonyl (C=O) groups excluding carboxylic acids is 1. The molecule has 1 aliphatic heterocycles. The van der Waals surface area contributed by atoms with Crippen LogP contribution in [0.15, 0.2) is 0 Å². The lowest BCUT2D eigenvalue weighted by atomic mass is 9.83. The van der Waals surface area contributed by atoms with Crippen molar-refractivity contribution in [2.24, 2.45) is 11.1 Å². The quantitative estimate of drug-likeness (QED) is 0.778. The van der Waals surface area contributed by atoms with Crippen LogP contribution in [0.4, 0.5) is 0 Å². The average Bonchev–Trinajstić information content (AvgIpc) is 2.26. The first-order valence-corrected chi connectivity index (χ1v) is 6.41. The zero-order valence-corrected chi connectivity index (χ0v) is 11.7. The highest BCUT2D eigenvalue weighted by Crippen LogP contribution is 2.30. The Morgan fingerprint density at radius 3 is 2.33 bits per heavy atom. The SMILES string of the molecule is CC(C)(C)[C@H](N)C(=O)N1CCCCC1(C)C(=O)O. The molecule has 0 bridgehead atoms. The van der Waals surface area contributed by atoms with Gasteiger partial charge in [-0.1, -0.05) is 20.8 Å². The first-order chi connectivity index (χ1) is 8.10. The van der Waals surface area contributed by atoms with Gasteiger partial charge in [0.25, 0.3) is 0 Å². The molecule has 5 heteroatoms. The van der Waals surface area contributed by atoms with Crippen molar-refractivity contribution in [3.63, 3.8) is 0 Å². The van der Waals surface area contributed by atoms with E-state index in [1.54, 1.807) is 6.92 Å². The Labute approximate surface area is 108 Å². The maximum atomic E-state index is 12.4. The summed E-state index contributed by atoms with van der Waals surface area (Å²) < 4.78 is 0. The first-order valence-electron chi connectivity index (χ1n) is 6.41. The summed E-state index contributed by atoms with van der Waals surface area (Å²) in [4.78, 5) is 25.3. The average molecular weight is 256 g/mol. The first kappa shape index (κ1) is 15.0. The van der Waals surface area contributed by atoms with Gasteiger partial charge in [-0.15, -0.1) is 0 Å². The summed E-state index contributed by atoms with van der Waals surface area (Å²) in [5.74, 6) is -1.20. The highest BCUT2D eigenvalue weighted by atomic mass is 16.4. The van der Waals surface area contributed by atoms with Crippen LogP contribution in [0.3, 0.4) is 0 Å². The third-order valence-electron chi connectivity index (χ3n) is 3.82. The minimum atomic E-state index is -1.11. The molecule has 1 rings (SSSR count). The molecule has 18 heavy (non-hydrogen) atoms. The summed E-state index contributed by atoms with van der Waals surface area (Å²) in [7, 11) is 0. The topological polar surface area (TPSA) is 83.6 Å². The fourth-order valence-electron chi connectivity index (χ4n) is 2.23. The lowest BCUT2D eigenvalue weighted by Crippen LogP contribution is -2.62. The van der Waals surface area contributed by atoms with Crippen molar-refractivity contribution in [2.75, 3.05) is 6.54 Å². The summed E-state index contributed by atoms with van der Waals surface area (Å²) in [5.41, 5.74) is 4.48. The minimum Gasteiger partial charge on any atom is -0.480 e. The zero-order valence-electron chi connectivity index (χ0n) is 11.7. The van der Waals surface area contributed by atoms with Crippen molar-refractivity contribution in [1.29, 1.82) is 0 Å². The number of aliphatic carboxylic acids is 1. The van der Waals surface area contributed by atoms with E-state index in [9.17, 15) is 14.7 Å². The van der Waals surface area contributed by atoms with Gasteiger partial charge in [-0.25, -0.2) is 4.79 Å². The predicted molar refractivity (Wildman–Crippen MR) is 69.0 cm³/mol. The standard InChI is InChI=1S/C13H24N2O3/c1-12(2,3)9(14)10(16)15-8-6-5-7-13(15,4)11(17)18/h9H,5-8,14H2,1-4H3,(H,17,18)/t9-,13?/m1/s1. The number of piperidine rings is 1. The molecule has 1 fully saturated rings. The highest BCUT2D eigenvalue weighted by Gasteiger charge is 2.46. The van der Waals surface area contributed by atoms with Gasteiger partial charge in [-0.3, -0.25) is 4.79 Å². The monoisotopic (exact) mass is 256 g/mol. The molecular formula is C13H24N2O3. The summed E-state index contributed by atoms with van der Waals surface area (Å²) in [5, 5.41) is 9.37. The van der Waals surface area contributed by atoms with Gasteiger partial charge in [-0.2, -0.15) is 0 Å². The summed E-state index contributed by atoms with van der Waals surface area (Å²) in [6.45, 7) is 7.75. The number of nitrogens with two attached hydrogens (primary N) is 1. The maximum absolute atomic E-state index is 12.4. The van der Waals surface area contributed by atoms with Crippen molar-refractivity contribution in [3.05, 3.63) is 0 Å². The number of likely N-dealkylation sites (tertiary alicyclic amines) is 1. The van der Waals surface area contributed by atoms with Crippen LogP contribution in [-0.4, -0.2) is 40.0 Å². The van der Waals surface area contributed by atoms with Crippen molar-refractivity contribution < 1.29 is 14.7 Å². The molecule has 3 N–H and O–H groups in total. The second-order valence-electron chi connectivity index (χ2n) is 6.37. The van der Waals surface area contributed by atoms with E-state index in [0.717, 1.165) is 12.8 Å². The van der Waals surface area contributed by atoms with E-state index in [0.29, 0.717) is 13.0 Å². The largest absolute Gasteiger partial charge is 0.480 e. The van der Waals surface area contributed by atoms with E-state index in [1.807, 2.05) is 20.8 Å². The smallest absolute Gasteiger partial charge is 0.329 e. The predicted octanol–water partition coefficient (Wildman–Crippen LogP) is 1.22. The molecule has 0 radical (unpaired) electrons. The van der Waals surface area contributed by atoms with E-state index in [4.69, 9.17) is 5.73 Å². The summed E-state index contributed by atoms with van der Waals surface area (Å²) in [6.07, 6.45) is 2.16. The Kier molecular flexibility index (Phi) is 4.05. The number of carboxylic acid groups (broad SMARTS) is 1. The third kappa shape index (κ3) is 2.66. The lowest BCUT2D eigenvalue weighted by molar-refractivity contribution is -0.162. The molecule has 0 saturated carbocycles. The van der Waals surface area contributed by atoms with E-state index in [1.165, 1.54) is 4.90 Å². The van der Waals surface area contributed by atoms with Crippen LogP contribution in [0.25, 0.3) is 0 Å². The number of carbonyl (C=O) groups is 2. The van der Waals surface area contributed by atoms with Gasteiger partial charge in [0.2, 0.25) is 5.91 Å². The van der Waals surface area contributed by atoms with Crippen molar-refractivity contribution >= 4 is 11.9 Å². The van der Waals surface area contributed by atoms with Crippen LogP contribution in [0.2, 0.25) is 0 Å². The molecule has 0 aromatic heterocycles. The van der Waals surface area contributed by atoms with Gasteiger partial charge in [0, 0.05) is 6.54 Å². The number of rotatable bonds is 2. The van der Waals surface area contributed by atoms with E-state index >= 15 is 0 Å².